The molecule has 22 heavy (non-hydrogen) atoms. The third kappa shape index (κ3) is 2.46. The molecule has 1 aliphatic rings. The minimum atomic E-state index is 0.179. The highest BCUT2D eigenvalue weighted by molar-refractivity contribution is 5.70. The van der Waals surface area contributed by atoms with Gasteiger partial charge >= 0.3 is 0 Å². The molecular weight excluding hydrogens is 270 g/mol. The summed E-state index contributed by atoms with van der Waals surface area (Å²) in [5, 5.41) is 0. The molecular formula is C19H21N3. The van der Waals surface area contributed by atoms with Crippen LogP contribution in [0.5, 0.6) is 0 Å². The molecule has 1 aliphatic heterocycles. The fourth-order valence-corrected chi connectivity index (χ4v) is 2.92. The second kappa shape index (κ2) is 5.60. The minimum Gasteiger partial charge on any atom is -0.396 e. The van der Waals surface area contributed by atoms with Crippen LogP contribution in [0.25, 0.3) is 11.1 Å². The number of allylic oxidation sites excluding steroid dienone is 1. The van der Waals surface area contributed by atoms with Gasteiger partial charge in [-0.05, 0) is 42.7 Å². The van der Waals surface area contributed by atoms with E-state index in [1.54, 1.807) is 0 Å². The van der Waals surface area contributed by atoms with Gasteiger partial charge in [-0.15, -0.1) is 0 Å². The Balaban J connectivity index is 2.03. The summed E-state index contributed by atoms with van der Waals surface area (Å²) >= 11 is 0. The van der Waals surface area contributed by atoms with Crippen molar-refractivity contribution in [3.05, 3.63) is 77.8 Å². The van der Waals surface area contributed by atoms with Crippen LogP contribution in [0.3, 0.4) is 0 Å². The molecule has 1 heterocycles. The van der Waals surface area contributed by atoms with Crippen LogP contribution in [-0.4, -0.2) is 6.04 Å². The van der Waals surface area contributed by atoms with Crippen LogP contribution in [-0.2, 0) is 0 Å². The summed E-state index contributed by atoms with van der Waals surface area (Å²) in [4.78, 5) is 2.08. The third-order valence-electron chi connectivity index (χ3n) is 4.09. The fraction of sp³-hybridized carbons (Fsp3) is 0.158. The van der Waals surface area contributed by atoms with Gasteiger partial charge in [0.2, 0.25) is 0 Å². The number of nitrogens with two attached hydrogens (primary N) is 2. The van der Waals surface area contributed by atoms with E-state index >= 15 is 0 Å². The molecule has 3 heteroatoms. The minimum absolute atomic E-state index is 0.179. The molecule has 0 saturated heterocycles. The summed E-state index contributed by atoms with van der Waals surface area (Å²) in [6.45, 7) is 4.12. The molecule has 3 nitrogen and oxygen atoms in total. The topological polar surface area (TPSA) is 55.3 Å². The van der Waals surface area contributed by atoms with Gasteiger partial charge in [0.1, 0.15) is 5.82 Å². The SMILES string of the molecule is CC1=CC(C)N(c2cccc(-c3ccccc3)c2)C(N)=C1N. The zero-order valence-corrected chi connectivity index (χ0v) is 13.0. The van der Waals surface area contributed by atoms with Crippen LogP contribution in [0.4, 0.5) is 5.69 Å². The van der Waals surface area contributed by atoms with Crippen molar-refractivity contribution < 1.29 is 0 Å². The van der Waals surface area contributed by atoms with Gasteiger partial charge in [0.05, 0.1) is 11.7 Å². The highest BCUT2D eigenvalue weighted by Gasteiger charge is 2.23. The lowest BCUT2D eigenvalue weighted by atomic mass is 10.0. The second-order valence-electron chi connectivity index (χ2n) is 5.68. The van der Waals surface area contributed by atoms with E-state index in [-0.39, 0.29) is 6.04 Å². The molecule has 0 saturated carbocycles. The maximum atomic E-state index is 6.26. The molecule has 0 spiro atoms. The van der Waals surface area contributed by atoms with Crippen LogP contribution in [0.1, 0.15) is 13.8 Å². The lowest BCUT2D eigenvalue weighted by molar-refractivity contribution is 0.775. The molecule has 0 bridgehead atoms. The highest BCUT2D eigenvalue weighted by atomic mass is 15.2. The molecule has 0 radical (unpaired) electrons. The lowest BCUT2D eigenvalue weighted by Gasteiger charge is -2.34. The molecule has 112 valence electrons. The van der Waals surface area contributed by atoms with Crippen molar-refractivity contribution in [1.82, 2.24) is 0 Å². The largest absolute Gasteiger partial charge is 0.396 e. The summed E-state index contributed by atoms with van der Waals surface area (Å²) < 4.78 is 0. The summed E-state index contributed by atoms with van der Waals surface area (Å²) in [6.07, 6.45) is 2.14. The maximum Gasteiger partial charge on any atom is 0.128 e. The molecule has 0 aliphatic carbocycles. The van der Waals surface area contributed by atoms with E-state index in [1.807, 2.05) is 25.1 Å². The van der Waals surface area contributed by atoms with Crippen LogP contribution in [0.15, 0.2) is 77.8 Å². The summed E-state index contributed by atoms with van der Waals surface area (Å²) in [7, 11) is 0. The first-order chi connectivity index (χ1) is 10.6. The van der Waals surface area contributed by atoms with Gasteiger partial charge in [-0.1, -0.05) is 48.5 Å². The van der Waals surface area contributed by atoms with Crippen molar-refractivity contribution in [1.29, 1.82) is 0 Å². The monoisotopic (exact) mass is 291 g/mol. The van der Waals surface area contributed by atoms with E-state index in [0.717, 1.165) is 11.3 Å². The van der Waals surface area contributed by atoms with E-state index in [0.29, 0.717) is 11.5 Å². The molecule has 0 fully saturated rings. The first-order valence-corrected chi connectivity index (χ1v) is 7.46. The Hall–Kier alpha value is -2.68. The van der Waals surface area contributed by atoms with Crippen molar-refractivity contribution in [2.75, 3.05) is 4.90 Å². The number of nitrogens with zero attached hydrogens (tertiary/aromatic N) is 1. The van der Waals surface area contributed by atoms with E-state index in [4.69, 9.17) is 11.5 Å². The number of hydrogen-bond donors (Lipinski definition) is 2. The van der Waals surface area contributed by atoms with Crippen LogP contribution < -0.4 is 16.4 Å². The quantitative estimate of drug-likeness (QED) is 0.889. The molecule has 1 unspecified atom stereocenters. The highest BCUT2D eigenvalue weighted by Crippen LogP contribution is 2.30. The number of hydrogen-bond acceptors (Lipinski definition) is 3. The number of rotatable bonds is 2. The predicted octanol–water partition coefficient (Wildman–Crippen LogP) is 3.59. The number of benzene rings is 2. The smallest absolute Gasteiger partial charge is 0.128 e. The Labute approximate surface area is 131 Å². The molecule has 3 rings (SSSR count). The molecule has 1 atom stereocenters. The molecule has 2 aromatic carbocycles. The molecule has 0 aromatic heterocycles. The lowest BCUT2D eigenvalue weighted by Crippen LogP contribution is -2.40. The first-order valence-electron chi connectivity index (χ1n) is 7.46. The molecule has 2 aromatic rings. The summed E-state index contributed by atoms with van der Waals surface area (Å²) in [5.41, 5.74) is 17.5. The van der Waals surface area contributed by atoms with Crippen LogP contribution in [0.2, 0.25) is 0 Å². The van der Waals surface area contributed by atoms with E-state index < -0.39 is 0 Å². The van der Waals surface area contributed by atoms with Crippen molar-refractivity contribution in [3.8, 4) is 11.1 Å². The average Bonchev–Trinajstić information content (AvgIpc) is 2.54. The Morgan fingerprint density at radius 3 is 2.32 bits per heavy atom. The molecule has 4 N–H and O–H groups in total. The summed E-state index contributed by atoms with van der Waals surface area (Å²) in [6, 6.07) is 18.9. The van der Waals surface area contributed by atoms with E-state index in [2.05, 4.69) is 54.3 Å². The van der Waals surface area contributed by atoms with Gasteiger partial charge in [-0.2, -0.15) is 0 Å². The van der Waals surface area contributed by atoms with Crippen molar-refractivity contribution >= 4 is 5.69 Å². The Kier molecular flexibility index (Phi) is 3.63. The van der Waals surface area contributed by atoms with Crippen LogP contribution in [0, 0.1) is 0 Å². The first kappa shape index (κ1) is 14.3. The average molecular weight is 291 g/mol. The van der Waals surface area contributed by atoms with Gasteiger partial charge in [-0.25, -0.2) is 0 Å². The Bertz CT molecular complexity index is 744. The van der Waals surface area contributed by atoms with Gasteiger partial charge in [0.15, 0.2) is 0 Å². The van der Waals surface area contributed by atoms with Crippen molar-refractivity contribution in [3.63, 3.8) is 0 Å². The maximum absolute atomic E-state index is 6.26. The van der Waals surface area contributed by atoms with Crippen molar-refractivity contribution in [2.45, 2.75) is 19.9 Å². The van der Waals surface area contributed by atoms with Crippen molar-refractivity contribution in [2.24, 2.45) is 11.5 Å². The Morgan fingerprint density at radius 2 is 1.59 bits per heavy atom. The van der Waals surface area contributed by atoms with E-state index in [9.17, 15) is 0 Å². The Morgan fingerprint density at radius 1 is 0.909 bits per heavy atom. The van der Waals surface area contributed by atoms with Gasteiger partial charge < -0.3 is 16.4 Å². The second-order valence-corrected chi connectivity index (χ2v) is 5.68. The predicted molar refractivity (Wildman–Crippen MR) is 93.0 cm³/mol. The third-order valence-corrected chi connectivity index (χ3v) is 4.09. The zero-order valence-electron chi connectivity index (χ0n) is 13.0. The summed E-state index contributed by atoms with van der Waals surface area (Å²) in [5.74, 6) is 0.623. The van der Waals surface area contributed by atoms with Crippen LogP contribution >= 0.6 is 0 Å². The van der Waals surface area contributed by atoms with E-state index in [1.165, 1.54) is 11.1 Å². The van der Waals surface area contributed by atoms with Gasteiger partial charge in [-0.3, -0.25) is 0 Å². The number of anilines is 1. The van der Waals surface area contributed by atoms with Gasteiger partial charge in [0, 0.05) is 5.69 Å². The standard InChI is InChI=1S/C19H21N3/c1-13-11-14(2)22(19(21)18(13)20)17-10-6-9-16(12-17)15-7-4-3-5-8-15/h3-12,14H,20-21H2,1-2H3. The zero-order chi connectivity index (χ0) is 15.7. The molecule has 0 amide bonds. The normalized spacial score (nSPS) is 18.4. The fourth-order valence-electron chi connectivity index (χ4n) is 2.92. The van der Waals surface area contributed by atoms with Gasteiger partial charge in [0.25, 0.3) is 0 Å².